The van der Waals surface area contributed by atoms with Crippen LogP contribution in [0.5, 0.6) is 0 Å². The minimum atomic E-state index is 0.655. The van der Waals surface area contributed by atoms with Gasteiger partial charge in [-0.05, 0) is 52.4 Å². The van der Waals surface area contributed by atoms with E-state index in [0.29, 0.717) is 5.88 Å². The molecule has 16 heavy (non-hydrogen) atoms. The summed E-state index contributed by atoms with van der Waals surface area (Å²) in [4.78, 5) is 0. The molecule has 0 nitrogen and oxygen atoms in total. The molecule has 0 aliphatic heterocycles. The van der Waals surface area contributed by atoms with E-state index in [4.69, 9.17) is 11.6 Å². The van der Waals surface area contributed by atoms with Crippen molar-refractivity contribution in [2.75, 3.05) is 5.88 Å². The number of hydrogen-bond donors (Lipinski definition) is 0. The van der Waals surface area contributed by atoms with E-state index >= 15 is 0 Å². The van der Waals surface area contributed by atoms with Crippen LogP contribution in [0.15, 0.2) is 23.3 Å². The van der Waals surface area contributed by atoms with Crippen molar-refractivity contribution >= 4 is 11.6 Å². The van der Waals surface area contributed by atoms with Gasteiger partial charge in [0.1, 0.15) is 0 Å². The quantitative estimate of drug-likeness (QED) is 0.377. The summed E-state index contributed by atoms with van der Waals surface area (Å²) in [6.45, 7) is 8.88. The molecule has 0 spiro atoms. The van der Waals surface area contributed by atoms with Gasteiger partial charge in [0.2, 0.25) is 0 Å². The Balaban J connectivity index is 3.54. The molecule has 0 saturated carbocycles. The molecule has 1 atom stereocenters. The lowest BCUT2D eigenvalue weighted by Gasteiger charge is -2.10. The number of hydrogen-bond acceptors (Lipinski definition) is 0. The predicted octanol–water partition coefficient (Wildman–Crippen LogP) is 5.72. The number of allylic oxidation sites excluding steroid dienone is 4. The number of alkyl halides is 1. The number of halogens is 1. The molecule has 0 aromatic carbocycles. The highest BCUT2D eigenvalue weighted by Crippen LogP contribution is 2.17. The molecule has 1 unspecified atom stereocenters. The van der Waals surface area contributed by atoms with E-state index in [2.05, 4.69) is 39.8 Å². The SMILES string of the molecule is CC(C)=CCCC(C)CCC/C(C)=C/CCl. The second-order valence-electron chi connectivity index (χ2n) is 5.06. The summed E-state index contributed by atoms with van der Waals surface area (Å²) in [5, 5.41) is 0. The van der Waals surface area contributed by atoms with Crippen molar-refractivity contribution in [2.45, 2.75) is 59.8 Å². The molecule has 0 aromatic rings. The van der Waals surface area contributed by atoms with Crippen LogP contribution in [0.25, 0.3) is 0 Å². The van der Waals surface area contributed by atoms with E-state index in [-0.39, 0.29) is 0 Å². The van der Waals surface area contributed by atoms with Crippen LogP contribution in [-0.2, 0) is 0 Å². The van der Waals surface area contributed by atoms with Crippen LogP contribution < -0.4 is 0 Å². The Bertz CT molecular complexity index is 222. The maximum atomic E-state index is 5.65. The van der Waals surface area contributed by atoms with E-state index in [1.54, 1.807) is 0 Å². The topological polar surface area (TPSA) is 0 Å². The molecular weight excluding hydrogens is 216 g/mol. The van der Waals surface area contributed by atoms with Crippen molar-refractivity contribution < 1.29 is 0 Å². The molecule has 0 aliphatic carbocycles. The fraction of sp³-hybridized carbons (Fsp3) is 0.733. The average molecular weight is 243 g/mol. The summed E-state index contributed by atoms with van der Waals surface area (Å²) in [6.07, 6.45) is 10.9. The van der Waals surface area contributed by atoms with Crippen LogP contribution in [0.3, 0.4) is 0 Å². The van der Waals surface area contributed by atoms with Crippen LogP contribution >= 0.6 is 11.6 Å². The minimum absolute atomic E-state index is 0.655. The first-order chi connectivity index (χ1) is 7.56. The third kappa shape index (κ3) is 10.3. The Morgan fingerprint density at radius 3 is 2.38 bits per heavy atom. The second-order valence-corrected chi connectivity index (χ2v) is 5.37. The molecule has 1 heteroatoms. The maximum Gasteiger partial charge on any atom is 0.0406 e. The van der Waals surface area contributed by atoms with Gasteiger partial charge in [-0.2, -0.15) is 0 Å². The molecule has 0 aliphatic rings. The van der Waals surface area contributed by atoms with Crippen LogP contribution in [0, 0.1) is 5.92 Å². The first-order valence-electron chi connectivity index (χ1n) is 6.41. The van der Waals surface area contributed by atoms with Crippen molar-refractivity contribution in [3.63, 3.8) is 0 Å². The molecule has 0 radical (unpaired) electrons. The Labute approximate surface area is 107 Å². The lowest BCUT2D eigenvalue weighted by molar-refractivity contribution is 0.478. The van der Waals surface area contributed by atoms with Crippen molar-refractivity contribution in [3.8, 4) is 0 Å². The lowest BCUT2D eigenvalue weighted by atomic mass is 9.97. The van der Waals surface area contributed by atoms with E-state index in [0.717, 1.165) is 5.92 Å². The van der Waals surface area contributed by atoms with Gasteiger partial charge in [0.15, 0.2) is 0 Å². The fourth-order valence-electron chi connectivity index (χ4n) is 1.76. The maximum absolute atomic E-state index is 5.65. The normalized spacial score (nSPS) is 13.7. The Morgan fingerprint density at radius 1 is 1.12 bits per heavy atom. The second kappa shape index (κ2) is 9.96. The van der Waals surface area contributed by atoms with Gasteiger partial charge in [0, 0.05) is 5.88 Å². The largest absolute Gasteiger partial charge is 0.122 e. The third-order valence-electron chi connectivity index (χ3n) is 2.91. The summed E-state index contributed by atoms with van der Waals surface area (Å²) in [6, 6.07) is 0. The highest BCUT2D eigenvalue weighted by Gasteiger charge is 2.01. The van der Waals surface area contributed by atoms with Crippen molar-refractivity contribution in [2.24, 2.45) is 5.92 Å². The predicted molar refractivity (Wildman–Crippen MR) is 76.2 cm³/mol. The molecule has 0 fully saturated rings. The highest BCUT2D eigenvalue weighted by atomic mass is 35.5. The molecule has 94 valence electrons. The zero-order valence-electron chi connectivity index (χ0n) is 11.4. The molecule has 0 bridgehead atoms. The van der Waals surface area contributed by atoms with E-state index in [1.165, 1.54) is 43.3 Å². The Hall–Kier alpha value is -0.230. The molecule has 0 saturated heterocycles. The molecule has 0 N–H and O–H groups in total. The van der Waals surface area contributed by atoms with Gasteiger partial charge in [-0.1, -0.05) is 36.6 Å². The van der Waals surface area contributed by atoms with Crippen molar-refractivity contribution in [1.82, 2.24) is 0 Å². The zero-order chi connectivity index (χ0) is 12.4. The average Bonchev–Trinajstić information content (AvgIpc) is 2.17. The molecule has 0 amide bonds. The number of rotatable bonds is 8. The summed E-state index contributed by atoms with van der Waals surface area (Å²) >= 11 is 5.65. The van der Waals surface area contributed by atoms with Crippen molar-refractivity contribution in [3.05, 3.63) is 23.3 Å². The first-order valence-corrected chi connectivity index (χ1v) is 6.94. The van der Waals surface area contributed by atoms with Gasteiger partial charge in [-0.3, -0.25) is 0 Å². The molecule has 0 aromatic heterocycles. The van der Waals surface area contributed by atoms with Gasteiger partial charge in [-0.25, -0.2) is 0 Å². The molecule has 0 heterocycles. The Morgan fingerprint density at radius 2 is 1.81 bits per heavy atom. The fourth-order valence-corrected chi connectivity index (χ4v) is 2.03. The van der Waals surface area contributed by atoms with E-state index in [1.807, 2.05) is 0 Å². The van der Waals surface area contributed by atoms with Crippen LogP contribution in [0.2, 0.25) is 0 Å². The smallest absolute Gasteiger partial charge is 0.0406 e. The summed E-state index contributed by atoms with van der Waals surface area (Å²) in [7, 11) is 0. The van der Waals surface area contributed by atoms with Gasteiger partial charge >= 0.3 is 0 Å². The standard InChI is InChI=1S/C15H27Cl/c1-13(2)7-5-8-14(3)9-6-10-15(4)11-12-16/h7,11,14H,5-6,8-10,12H2,1-4H3/b15-11+. The minimum Gasteiger partial charge on any atom is -0.122 e. The Kier molecular flexibility index (Phi) is 9.82. The van der Waals surface area contributed by atoms with Crippen LogP contribution in [-0.4, -0.2) is 5.88 Å². The molecular formula is C15H27Cl. The summed E-state index contributed by atoms with van der Waals surface area (Å²) in [5.41, 5.74) is 2.87. The van der Waals surface area contributed by atoms with Gasteiger partial charge in [0.05, 0.1) is 0 Å². The van der Waals surface area contributed by atoms with Gasteiger partial charge in [0.25, 0.3) is 0 Å². The highest BCUT2D eigenvalue weighted by molar-refractivity contribution is 6.18. The third-order valence-corrected chi connectivity index (χ3v) is 3.06. The monoisotopic (exact) mass is 242 g/mol. The van der Waals surface area contributed by atoms with Crippen LogP contribution in [0.4, 0.5) is 0 Å². The summed E-state index contributed by atoms with van der Waals surface area (Å²) < 4.78 is 0. The van der Waals surface area contributed by atoms with Crippen molar-refractivity contribution in [1.29, 1.82) is 0 Å². The van der Waals surface area contributed by atoms with Gasteiger partial charge < -0.3 is 0 Å². The van der Waals surface area contributed by atoms with E-state index in [9.17, 15) is 0 Å². The molecule has 0 rings (SSSR count). The van der Waals surface area contributed by atoms with Crippen LogP contribution in [0.1, 0.15) is 59.8 Å². The summed E-state index contributed by atoms with van der Waals surface area (Å²) in [5.74, 6) is 1.50. The van der Waals surface area contributed by atoms with E-state index < -0.39 is 0 Å². The lowest BCUT2D eigenvalue weighted by Crippen LogP contribution is -1.94. The van der Waals surface area contributed by atoms with Gasteiger partial charge in [-0.15, -0.1) is 11.6 Å². The zero-order valence-corrected chi connectivity index (χ0v) is 12.1. The first kappa shape index (κ1) is 15.8.